The molecule has 68 valence electrons. The molecule has 2 atom stereocenters. The maximum absolute atomic E-state index is 5.39. The van der Waals surface area contributed by atoms with E-state index in [4.69, 9.17) is 4.42 Å². The van der Waals surface area contributed by atoms with Crippen molar-refractivity contribution in [3.63, 3.8) is 0 Å². The molecular formula is C11H13NO. The third-order valence-corrected chi connectivity index (χ3v) is 3.13. The van der Waals surface area contributed by atoms with E-state index in [-0.39, 0.29) is 0 Å². The average molecular weight is 175 g/mol. The number of furan rings is 1. The third kappa shape index (κ3) is 1.13. The van der Waals surface area contributed by atoms with Crippen LogP contribution in [0.5, 0.6) is 0 Å². The van der Waals surface area contributed by atoms with E-state index in [1.807, 2.05) is 6.07 Å². The van der Waals surface area contributed by atoms with Gasteiger partial charge in [-0.05, 0) is 42.5 Å². The Bertz CT molecular complexity index is 326. The second kappa shape index (κ2) is 2.74. The van der Waals surface area contributed by atoms with Crippen molar-refractivity contribution >= 4 is 5.57 Å². The van der Waals surface area contributed by atoms with E-state index in [0.29, 0.717) is 0 Å². The molecule has 0 bridgehead atoms. The summed E-state index contributed by atoms with van der Waals surface area (Å²) in [6.45, 7) is 2.32. The van der Waals surface area contributed by atoms with E-state index in [0.717, 1.165) is 24.1 Å². The van der Waals surface area contributed by atoms with Crippen LogP contribution >= 0.6 is 0 Å². The molecule has 0 spiro atoms. The molecular weight excluding hydrogens is 162 g/mol. The van der Waals surface area contributed by atoms with Gasteiger partial charge in [-0.2, -0.15) is 0 Å². The highest BCUT2D eigenvalue weighted by atomic mass is 16.3. The predicted octanol–water partition coefficient (Wildman–Crippen LogP) is 1.90. The molecule has 1 aromatic heterocycles. The van der Waals surface area contributed by atoms with E-state index in [9.17, 15) is 0 Å². The minimum absolute atomic E-state index is 0.750. The van der Waals surface area contributed by atoms with E-state index in [1.54, 1.807) is 6.26 Å². The SMILES string of the molecule is C1=C(c2ccco2)CC2CNCC12. The molecule has 2 heteroatoms. The van der Waals surface area contributed by atoms with E-state index >= 15 is 0 Å². The Balaban J connectivity index is 1.88. The number of hydrogen-bond acceptors (Lipinski definition) is 2. The van der Waals surface area contributed by atoms with Crippen LogP contribution < -0.4 is 5.32 Å². The number of rotatable bonds is 1. The highest BCUT2D eigenvalue weighted by molar-refractivity contribution is 5.64. The highest BCUT2D eigenvalue weighted by Crippen LogP contribution is 2.38. The number of nitrogens with one attached hydrogen (secondary N) is 1. The molecule has 1 fully saturated rings. The van der Waals surface area contributed by atoms with Crippen LogP contribution in [0.25, 0.3) is 5.57 Å². The van der Waals surface area contributed by atoms with Gasteiger partial charge in [0.1, 0.15) is 5.76 Å². The van der Waals surface area contributed by atoms with E-state index in [1.165, 1.54) is 18.5 Å². The first-order valence-corrected chi connectivity index (χ1v) is 4.89. The topological polar surface area (TPSA) is 25.2 Å². The van der Waals surface area contributed by atoms with Crippen LogP contribution in [0.2, 0.25) is 0 Å². The Morgan fingerprint density at radius 2 is 2.38 bits per heavy atom. The van der Waals surface area contributed by atoms with Gasteiger partial charge in [0.2, 0.25) is 0 Å². The van der Waals surface area contributed by atoms with Gasteiger partial charge in [-0.15, -0.1) is 0 Å². The standard InChI is InChI=1S/C11H13NO/c1-2-11(13-3-1)8-4-9-6-12-7-10(9)5-8/h1-4,9-10,12H,5-7H2. The van der Waals surface area contributed by atoms with Crippen LogP contribution in [0.4, 0.5) is 0 Å². The van der Waals surface area contributed by atoms with E-state index < -0.39 is 0 Å². The van der Waals surface area contributed by atoms with Gasteiger partial charge < -0.3 is 9.73 Å². The molecule has 1 saturated heterocycles. The van der Waals surface area contributed by atoms with Crippen LogP contribution in [-0.4, -0.2) is 13.1 Å². The molecule has 0 radical (unpaired) electrons. The van der Waals surface area contributed by atoms with Crippen LogP contribution in [0.15, 0.2) is 28.9 Å². The summed E-state index contributed by atoms with van der Waals surface area (Å²) in [7, 11) is 0. The molecule has 2 aliphatic rings. The maximum atomic E-state index is 5.39. The van der Waals surface area contributed by atoms with Gasteiger partial charge in [0.25, 0.3) is 0 Å². The number of allylic oxidation sites excluding steroid dienone is 1. The molecule has 1 aromatic rings. The molecule has 0 amide bonds. The van der Waals surface area contributed by atoms with Crippen LogP contribution in [0.3, 0.4) is 0 Å². The summed E-state index contributed by atoms with van der Waals surface area (Å²) in [6, 6.07) is 4.02. The van der Waals surface area contributed by atoms with Gasteiger partial charge in [0.15, 0.2) is 0 Å². The number of fused-ring (bicyclic) bond motifs is 1. The second-order valence-corrected chi connectivity index (χ2v) is 3.96. The first-order valence-electron chi connectivity index (χ1n) is 4.89. The summed E-state index contributed by atoms with van der Waals surface area (Å²) in [5.74, 6) is 2.63. The molecule has 2 nitrogen and oxygen atoms in total. The Hall–Kier alpha value is -1.02. The summed E-state index contributed by atoms with van der Waals surface area (Å²) in [5.41, 5.74) is 1.40. The Morgan fingerprint density at radius 3 is 3.15 bits per heavy atom. The smallest absolute Gasteiger partial charge is 0.129 e. The zero-order valence-corrected chi connectivity index (χ0v) is 7.49. The van der Waals surface area contributed by atoms with Crippen molar-refractivity contribution in [2.24, 2.45) is 11.8 Å². The molecule has 0 aromatic carbocycles. The van der Waals surface area contributed by atoms with Crippen molar-refractivity contribution in [1.29, 1.82) is 0 Å². The fourth-order valence-corrected chi connectivity index (χ4v) is 2.42. The predicted molar refractivity (Wildman–Crippen MR) is 51.2 cm³/mol. The van der Waals surface area contributed by atoms with Gasteiger partial charge in [-0.3, -0.25) is 0 Å². The lowest BCUT2D eigenvalue weighted by atomic mass is 10.00. The average Bonchev–Trinajstić information content (AvgIpc) is 2.78. The van der Waals surface area contributed by atoms with Gasteiger partial charge >= 0.3 is 0 Å². The summed E-state index contributed by atoms with van der Waals surface area (Å²) in [4.78, 5) is 0. The summed E-state index contributed by atoms with van der Waals surface area (Å²) >= 11 is 0. The van der Waals surface area contributed by atoms with E-state index in [2.05, 4.69) is 17.5 Å². The van der Waals surface area contributed by atoms with Gasteiger partial charge in [-0.1, -0.05) is 6.08 Å². The minimum Gasteiger partial charge on any atom is -0.465 e. The lowest BCUT2D eigenvalue weighted by Crippen LogP contribution is -2.08. The zero-order valence-electron chi connectivity index (χ0n) is 7.49. The lowest BCUT2D eigenvalue weighted by Gasteiger charge is -2.04. The van der Waals surface area contributed by atoms with Gasteiger partial charge in [0.05, 0.1) is 6.26 Å². The summed E-state index contributed by atoms with van der Waals surface area (Å²) < 4.78 is 5.39. The van der Waals surface area contributed by atoms with Gasteiger partial charge in [0, 0.05) is 6.54 Å². The van der Waals surface area contributed by atoms with Crippen molar-refractivity contribution in [2.45, 2.75) is 6.42 Å². The zero-order chi connectivity index (χ0) is 8.67. The monoisotopic (exact) mass is 175 g/mol. The van der Waals surface area contributed by atoms with Crippen molar-refractivity contribution < 1.29 is 4.42 Å². The molecule has 1 aliphatic heterocycles. The molecule has 1 N–H and O–H groups in total. The summed E-state index contributed by atoms with van der Waals surface area (Å²) in [5, 5.41) is 3.41. The van der Waals surface area contributed by atoms with Crippen molar-refractivity contribution in [3.8, 4) is 0 Å². The molecule has 3 rings (SSSR count). The number of hydrogen-bond donors (Lipinski definition) is 1. The Kier molecular flexibility index (Phi) is 1.56. The minimum atomic E-state index is 0.750. The Morgan fingerprint density at radius 1 is 1.38 bits per heavy atom. The largest absolute Gasteiger partial charge is 0.465 e. The molecule has 0 saturated carbocycles. The molecule has 2 heterocycles. The first kappa shape index (κ1) is 7.39. The Labute approximate surface area is 77.6 Å². The van der Waals surface area contributed by atoms with Gasteiger partial charge in [-0.25, -0.2) is 0 Å². The van der Waals surface area contributed by atoms with Crippen molar-refractivity contribution in [1.82, 2.24) is 5.32 Å². The van der Waals surface area contributed by atoms with Crippen molar-refractivity contribution in [3.05, 3.63) is 30.2 Å². The molecule has 13 heavy (non-hydrogen) atoms. The van der Waals surface area contributed by atoms with Crippen molar-refractivity contribution in [2.75, 3.05) is 13.1 Å². The van der Waals surface area contributed by atoms with Crippen LogP contribution in [0, 0.1) is 11.8 Å². The maximum Gasteiger partial charge on any atom is 0.129 e. The lowest BCUT2D eigenvalue weighted by molar-refractivity contribution is 0.524. The fourth-order valence-electron chi connectivity index (χ4n) is 2.42. The van der Waals surface area contributed by atoms with Crippen LogP contribution in [-0.2, 0) is 0 Å². The highest BCUT2D eigenvalue weighted by Gasteiger charge is 2.32. The third-order valence-electron chi connectivity index (χ3n) is 3.13. The first-order chi connectivity index (χ1) is 6.43. The second-order valence-electron chi connectivity index (χ2n) is 3.96. The summed E-state index contributed by atoms with van der Waals surface area (Å²) in [6.07, 6.45) is 5.32. The molecule has 1 aliphatic carbocycles. The quantitative estimate of drug-likeness (QED) is 0.705. The van der Waals surface area contributed by atoms with Crippen LogP contribution in [0.1, 0.15) is 12.2 Å². The molecule has 2 unspecified atom stereocenters. The fraction of sp³-hybridized carbons (Fsp3) is 0.455. The normalized spacial score (nSPS) is 31.8.